The molecule has 0 heterocycles. The van der Waals surface area contributed by atoms with Crippen molar-refractivity contribution >= 4 is 49.4 Å². The van der Waals surface area contributed by atoms with E-state index in [9.17, 15) is 0 Å². The summed E-state index contributed by atoms with van der Waals surface area (Å²) >= 11 is 0. The molecule has 0 saturated carbocycles. The zero-order chi connectivity index (χ0) is 34.8. The molecular formula is C51H37N. The van der Waals surface area contributed by atoms with E-state index in [0.29, 0.717) is 0 Å². The van der Waals surface area contributed by atoms with E-state index in [1.807, 2.05) is 0 Å². The van der Waals surface area contributed by atoms with Crippen molar-refractivity contribution in [3.63, 3.8) is 0 Å². The molecule has 1 aliphatic rings. The van der Waals surface area contributed by atoms with Gasteiger partial charge < -0.3 is 4.90 Å². The Morgan fingerprint density at radius 3 is 1.63 bits per heavy atom. The van der Waals surface area contributed by atoms with Crippen molar-refractivity contribution in [2.75, 3.05) is 4.90 Å². The molecule has 9 aromatic rings. The summed E-state index contributed by atoms with van der Waals surface area (Å²) in [5.74, 6) is 0. The highest BCUT2D eigenvalue weighted by molar-refractivity contribution is 6.21. The number of para-hydroxylation sites is 1. The molecule has 9 aromatic carbocycles. The van der Waals surface area contributed by atoms with Crippen molar-refractivity contribution in [1.82, 2.24) is 0 Å². The summed E-state index contributed by atoms with van der Waals surface area (Å²) < 4.78 is 0. The van der Waals surface area contributed by atoms with Crippen LogP contribution in [0.1, 0.15) is 25.0 Å². The van der Waals surface area contributed by atoms with Crippen LogP contribution in [0.2, 0.25) is 0 Å². The molecule has 0 unspecified atom stereocenters. The predicted molar refractivity (Wildman–Crippen MR) is 222 cm³/mol. The standard InChI is InChI=1S/C51H37N/c1-51(2)48-22-10-9-21-45(48)47-32-40-26-24-35-23-25-39-29-38(27-28-44(39)50(35)46(40)33-49(47)51)37-16-12-20-43(31-37)52(41-17-7-4-8-18-41)42-19-11-15-36(30-42)34-13-5-3-6-14-34/h3-33H,1-2H3. The fraction of sp³-hybridized carbons (Fsp3) is 0.0588. The summed E-state index contributed by atoms with van der Waals surface area (Å²) in [6.45, 7) is 4.73. The lowest BCUT2D eigenvalue weighted by molar-refractivity contribution is 0.661. The van der Waals surface area contributed by atoms with E-state index >= 15 is 0 Å². The fourth-order valence-corrected chi connectivity index (χ4v) is 8.57. The summed E-state index contributed by atoms with van der Waals surface area (Å²) in [5.41, 5.74) is 13.7. The first-order valence-electron chi connectivity index (χ1n) is 18.2. The van der Waals surface area contributed by atoms with Gasteiger partial charge in [-0.05, 0) is 131 Å². The molecule has 0 N–H and O–H groups in total. The van der Waals surface area contributed by atoms with Gasteiger partial charge in [0.05, 0.1) is 0 Å². The van der Waals surface area contributed by atoms with Gasteiger partial charge in [0.2, 0.25) is 0 Å². The van der Waals surface area contributed by atoms with E-state index in [1.54, 1.807) is 0 Å². The van der Waals surface area contributed by atoms with E-state index in [-0.39, 0.29) is 5.41 Å². The Morgan fingerprint density at radius 2 is 0.904 bits per heavy atom. The van der Waals surface area contributed by atoms with Gasteiger partial charge in [-0.25, -0.2) is 0 Å². The Kier molecular flexibility index (Phi) is 6.91. The van der Waals surface area contributed by atoms with Gasteiger partial charge in [-0.3, -0.25) is 0 Å². The molecule has 10 rings (SSSR count). The second-order valence-electron chi connectivity index (χ2n) is 14.6. The molecule has 1 heteroatoms. The average Bonchev–Trinajstić information content (AvgIpc) is 3.42. The molecule has 0 aromatic heterocycles. The number of hydrogen-bond acceptors (Lipinski definition) is 1. The fourth-order valence-electron chi connectivity index (χ4n) is 8.57. The van der Waals surface area contributed by atoms with Crippen molar-refractivity contribution in [2.24, 2.45) is 0 Å². The quantitative estimate of drug-likeness (QED) is 0.166. The van der Waals surface area contributed by atoms with Gasteiger partial charge in [-0.15, -0.1) is 0 Å². The predicted octanol–water partition coefficient (Wildman–Crippen LogP) is 14.3. The highest BCUT2D eigenvalue weighted by Crippen LogP contribution is 2.50. The van der Waals surface area contributed by atoms with Crippen LogP contribution in [0, 0.1) is 0 Å². The lowest BCUT2D eigenvalue weighted by atomic mass is 9.81. The zero-order valence-corrected chi connectivity index (χ0v) is 29.3. The minimum absolute atomic E-state index is 0.0401. The van der Waals surface area contributed by atoms with Gasteiger partial charge in [0, 0.05) is 22.5 Å². The summed E-state index contributed by atoms with van der Waals surface area (Å²) in [4.78, 5) is 2.36. The maximum atomic E-state index is 2.48. The maximum Gasteiger partial charge on any atom is 0.0467 e. The Bertz CT molecular complexity index is 2810. The molecule has 0 aliphatic heterocycles. The second-order valence-corrected chi connectivity index (χ2v) is 14.6. The zero-order valence-electron chi connectivity index (χ0n) is 29.3. The maximum absolute atomic E-state index is 2.48. The first kappa shape index (κ1) is 30.4. The lowest BCUT2D eigenvalue weighted by Gasteiger charge is -2.26. The van der Waals surface area contributed by atoms with Crippen molar-refractivity contribution < 1.29 is 0 Å². The van der Waals surface area contributed by atoms with E-state index in [2.05, 4.69) is 207 Å². The Hall–Kier alpha value is -6.44. The molecule has 0 spiro atoms. The highest BCUT2D eigenvalue weighted by atomic mass is 15.1. The van der Waals surface area contributed by atoms with E-state index < -0.39 is 0 Å². The largest absolute Gasteiger partial charge is 0.310 e. The number of fused-ring (bicyclic) bond motifs is 8. The van der Waals surface area contributed by atoms with Crippen molar-refractivity contribution in [1.29, 1.82) is 0 Å². The number of hydrogen-bond donors (Lipinski definition) is 0. The summed E-state index contributed by atoms with van der Waals surface area (Å²) in [5, 5.41) is 7.77. The molecule has 246 valence electrons. The van der Waals surface area contributed by atoms with Crippen LogP contribution in [0.25, 0.3) is 65.7 Å². The third kappa shape index (κ3) is 4.85. The van der Waals surface area contributed by atoms with Crippen molar-refractivity contribution in [3.8, 4) is 33.4 Å². The molecule has 0 amide bonds. The van der Waals surface area contributed by atoms with Crippen LogP contribution in [0.15, 0.2) is 188 Å². The third-order valence-corrected chi connectivity index (χ3v) is 11.2. The summed E-state index contributed by atoms with van der Waals surface area (Å²) in [7, 11) is 0. The molecule has 52 heavy (non-hydrogen) atoms. The number of rotatable bonds is 5. The number of benzene rings is 9. The molecule has 1 aliphatic carbocycles. The van der Waals surface area contributed by atoms with Crippen LogP contribution in [-0.2, 0) is 5.41 Å². The van der Waals surface area contributed by atoms with Gasteiger partial charge in [0.15, 0.2) is 0 Å². The van der Waals surface area contributed by atoms with Crippen LogP contribution < -0.4 is 4.90 Å². The van der Waals surface area contributed by atoms with Gasteiger partial charge >= 0.3 is 0 Å². The molecular weight excluding hydrogens is 627 g/mol. The monoisotopic (exact) mass is 663 g/mol. The van der Waals surface area contributed by atoms with E-state index in [0.717, 1.165) is 17.1 Å². The highest BCUT2D eigenvalue weighted by Gasteiger charge is 2.35. The molecule has 1 nitrogen and oxygen atoms in total. The van der Waals surface area contributed by atoms with Gasteiger partial charge in [-0.2, -0.15) is 0 Å². The van der Waals surface area contributed by atoms with E-state index in [1.165, 1.54) is 76.8 Å². The second kappa shape index (κ2) is 11.8. The van der Waals surface area contributed by atoms with Crippen LogP contribution >= 0.6 is 0 Å². The minimum atomic E-state index is -0.0401. The smallest absolute Gasteiger partial charge is 0.0467 e. The SMILES string of the molecule is CC1(C)c2ccccc2-c2cc3ccc4ccc5cc(-c6cccc(N(c7ccccc7)c7cccc(-c8ccccc8)c7)c6)ccc5c4c3cc21. The Balaban J connectivity index is 1.09. The van der Waals surface area contributed by atoms with Crippen molar-refractivity contribution in [2.45, 2.75) is 19.3 Å². The van der Waals surface area contributed by atoms with E-state index in [4.69, 9.17) is 0 Å². The molecule has 0 radical (unpaired) electrons. The minimum Gasteiger partial charge on any atom is -0.310 e. The third-order valence-electron chi connectivity index (χ3n) is 11.2. The van der Waals surface area contributed by atoms with Crippen LogP contribution in [-0.4, -0.2) is 0 Å². The van der Waals surface area contributed by atoms with Crippen LogP contribution in [0.5, 0.6) is 0 Å². The molecule has 0 atom stereocenters. The first-order valence-corrected chi connectivity index (χ1v) is 18.2. The van der Waals surface area contributed by atoms with Gasteiger partial charge in [0.1, 0.15) is 0 Å². The molecule has 0 fully saturated rings. The first-order chi connectivity index (χ1) is 25.5. The topological polar surface area (TPSA) is 3.24 Å². The lowest BCUT2D eigenvalue weighted by Crippen LogP contribution is -2.14. The summed E-state index contributed by atoms with van der Waals surface area (Å²) in [6, 6.07) is 69.0. The Labute approximate surface area is 305 Å². The van der Waals surface area contributed by atoms with Crippen LogP contribution in [0.3, 0.4) is 0 Å². The van der Waals surface area contributed by atoms with Gasteiger partial charge in [0.25, 0.3) is 0 Å². The average molecular weight is 664 g/mol. The Morgan fingerprint density at radius 1 is 0.346 bits per heavy atom. The number of anilines is 3. The molecule has 0 bridgehead atoms. The molecule has 0 saturated heterocycles. The number of nitrogens with zero attached hydrogens (tertiary/aromatic N) is 1. The normalized spacial score (nSPS) is 13.0. The summed E-state index contributed by atoms with van der Waals surface area (Å²) in [6.07, 6.45) is 0. The van der Waals surface area contributed by atoms with Crippen LogP contribution in [0.4, 0.5) is 17.1 Å². The van der Waals surface area contributed by atoms with Gasteiger partial charge in [-0.1, -0.05) is 147 Å². The van der Waals surface area contributed by atoms with Crippen molar-refractivity contribution in [3.05, 3.63) is 199 Å².